The first-order chi connectivity index (χ1) is 20.4. The lowest BCUT2D eigenvalue weighted by Gasteiger charge is -2.34. The molecular weight excluding hydrogens is 605 g/mol. The first-order valence-electron chi connectivity index (χ1n) is 14.6. The Morgan fingerprint density at radius 3 is 2.19 bits per heavy atom. The van der Waals surface area contributed by atoms with Gasteiger partial charge in [0.15, 0.2) is 0 Å². The highest BCUT2D eigenvalue weighted by Crippen LogP contribution is 2.30. The summed E-state index contributed by atoms with van der Waals surface area (Å²) in [7, 11) is -3.86. The first-order valence-corrected chi connectivity index (χ1v) is 17.2. The highest BCUT2D eigenvalue weighted by molar-refractivity contribution is 7.92. The molecular formula is C33H39Cl2N3O4S. The van der Waals surface area contributed by atoms with Crippen molar-refractivity contribution in [2.75, 3.05) is 17.1 Å². The summed E-state index contributed by atoms with van der Waals surface area (Å²) in [5.74, 6) is -0.749. The Bertz CT molecular complexity index is 1530. The van der Waals surface area contributed by atoms with E-state index in [-0.39, 0.29) is 30.8 Å². The molecule has 1 fully saturated rings. The number of para-hydroxylation sites is 1. The molecule has 0 saturated heterocycles. The zero-order valence-electron chi connectivity index (χ0n) is 24.8. The summed E-state index contributed by atoms with van der Waals surface area (Å²) in [5.41, 5.74) is 2.79. The van der Waals surface area contributed by atoms with E-state index in [0.717, 1.165) is 47.4 Å². The second-order valence-corrected chi connectivity index (χ2v) is 14.2. The van der Waals surface area contributed by atoms with Crippen LogP contribution in [0.3, 0.4) is 0 Å². The number of benzene rings is 3. The Kier molecular flexibility index (Phi) is 11.2. The molecule has 43 heavy (non-hydrogen) atoms. The fourth-order valence-electron chi connectivity index (χ4n) is 5.55. The zero-order chi connectivity index (χ0) is 31.1. The molecule has 3 aromatic carbocycles. The van der Waals surface area contributed by atoms with Crippen molar-refractivity contribution < 1.29 is 18.0 Å². The number of carbonyl (C=O) groups is 2. The second-order valence-electron chi connectivity index (χ2n) is 11.4. The number of nitrogens with zero attached hydrogens (tertiary/aromatic N) is 2. The van der Waals surface area contributed by atoms with E-state index in [2.05, 4.69) is 5.32 Å². The van der Waals surface area contributed by atoms with Crippen LogP contribution >= 0.6 is 23.2 Å². The molecule has 3 aromatic rings. The van der Waals surface area contributed by atoms with Crippen LogP contribution in [0.4, 0.5) is 5.69 Å². The fraction of sp³-hybridized carbons (Fsp3) is 0.394. The minimum atomic E-state index is -3.86. The van der Waals surface area contributed by atoms with Gasteiger partial charge in [-0.15, -0.1) is 0 Å². The van der Waals surface area contributed by atoms with Crippen molar-refractivity contribution in [1.82, 2.24) is 10.2 Å². The van der Waals surface area contributed by atoms with E-state index in [0.29, 0.717) is 21.3 Å². The van der Waals surface area contributed by atoms with Crippen molar-refractivity contribution in [2.24, 2.45) is 0 Å². The third-order valence-electron chi connectivity index (χ3n) is 7.82. The molecule has 0 spiro atoms. The van der Waals surface area contributed by atoms with Crippen molar-refractivity contribution in [2.45, 2.75) is 70.5 Å². The van der Waals surface area contributed by atoms with E-state index in [4.69, 9.17) is 23.2 Å². The van der Waals surface area contributed by atoms with E-state index in [1.165, 1.54) is 4.90 Å². The second kappa shape index (κ2) is 14.6. The van der Waals surface area contributed by atoms with Gasteiger partial charge in [-0.25, -0.2) is 8.42 Å². The lowest BCUT2D eigenvalue weighted by Crippen LogP contribution is -2.54. The van der Waals surface area contributed by atoms with E-state index in [1.54, 1.807) is 30.3 Å². The summed E-state index contributed by atoms with van der Waals surface area (Å²) in [6.07, 6.45) is 5.21. The molecule has 230 valence electrons. The molecule has 10 heteroatoms. The molecule has 0 aliphatic heterocycles. The van der Waals surface area contributed by atoms with Gasteiger partial charge in [-0.1, -0.05) is 104 Å². The van der Waals surface area contributed by atoms with E-state index in [9.17, 15) is 18.0 Å². The maximum Gasteiger partial charge on any atom is 0.244 e. The summed E-state index contributed by atoms with van der Waals surface area (Å²) in [6, 6.07) is 20.9. The third-order valence-corrected chi connectivity index (χ3v) is 9.68. The van der Waals surface area contributed by atoms with Gasteiger partial charge in [-0.2, -0.15) is 0 Å². The average Bonchev–Trinajstić information content (AvgIpc) is 3.48. The van der Waals surface area contributed by atoms with Gasteiger partial charge in [0.25, 0.3) is 0 Å². The largest absolute Gasteiger partial charge is 0.352 e. The number of anilines is 1. The minimum absolute atomic E-state index is 0.0193. The van der Waals surface area contributed by atoms with E-state index < -0.39 is 28.5 Å². The molecule has 1 saturated carbocycles. The zero-order valence-corrected chi connectivity index (χ0v) is 27.1. The molecule has 1 atom stereocenters. The first kappa shape index (κ1) is 32.8. The Morgan fingerprint density at radius 2 is 1.56 bits per heavy atom. The van der Waals surface area contributed by atoms with Crippen LogP contribution in [0.2, 0.25) is 10.0 Å². The van der Waals surface area contributed by atoms with Gasteiger partial charge in [0, 0.05) is 19.0 Å². The summed E-state index contributed by atoms with van der Waals surface area (Å²) in [5, 5.41) is 3.86. The van der Waals surface area contributed by atoms with Crippen LogP contribution in [0.25, 0.3) is 0 Å². The number of amides is 2. The molecule has 0 aromatic heterocycles. The molecule has 1 N–H and O–H groups in total. The maximum atomic E-state index is 14.4. The topological polar surface area (TPSA) is 86.8 Å². The SMILES string of the molecule is CC(C)c1ccccc1N(CC(=O)N(Cc1ccc(Cl)c(Cl)c1)[C@@H](Cc1ccccc1)C(=O)NC1CCCC1)S(C)(=O)=O. The molecule has 4 rings (SSSR count). The number of nitrogens with one attached hydrogen (secondary N) is 1. The van der Waals surface area contributed by atoms with Gasteiger partial charge in [-0.3, -0.25) is 13.9 Å². The normalized spacial score (nSPS) is 14.5. The number of hydrogen-bond acceptors (Lipinski definition) is 4. The van der Waals surface area contributed by atoms with Crippen LogP contribution < -0.4 is 9.62 Å². The quantitative estimate of drug-likeness (QED) is 0.241. The molecule has 1 aliphatic carbocycles. The summed E-state index contributed by atoms with van der Waals surface area (Å²) in [4.78, 5) is 29.8. The van der Waals surface area contributed by atoms with Gasteiger partial charge in [0.05, 0.1) is 22.0 Å². The molecule has 7 nitrogen and oxygen atoms in total. The fourth-order valence-corrected chi connectivity index (χ4v) is 6.74. The number of hydrogen-bond donors (Lipinski definition) is 1. The molecule has 0 unspecified atom stereocenters. The van der Waals surface area contributed by atoms with Crippen molar-refractivity contribution in [3.05, 3.63) is 99.5 Å². The Hall–Kier alpha value is -3.07. The monoisotopic (exact) mass is 643 g/mol. The Labute approximate surface area is 265 Å². The highest BCUT2D eigenvalue weighted by Gasteiger charge is 2.34. The molecule has 0 heterocycles. The minimum Gasteiger partial charge on any atom is -0.352 e. The van der Waals surface area contributed by atoms with E-state index >= 15 is 0 Å². The van der Waals surface area contributed by atoms with Gasteiger partial charge in [0.2, 0.25) is 21.8 Å². The van der Waals surface area contributed by atoms with Crippen LogP contribution in [0.1, 0.15) is 62.1 Å². The lowest BCUT2D eigenvalue weighted by molar-refractivity contribution is -0.140. The Morgan fingerprint density at radius 1 is 0.907 bits per heavy atom. The maximum absolute atomic E-state index is 14.4. The molecule has 0 bridgehead atoms. The lowest BCUT2D eigenvalue weighted by atomic mass is 10.0. The van der Waals surface area contributed by atoms with Crippen LogP contribution in [0.15, 0.2) is 72.8 Å². The van der Waals surface area contributed by atoms with Gasteiger partial charge >= 0.3 is 0 Å². The Balaban J connectivity index is 1.77. The average molecular weight is 645 g/mol. The standard InChI is InChI=1S/C33H39Cl2N3O4S/c1-23(2)27-15-9-10-16-30(27)38(43(3,41)42)22-32(39)37(21-25-17-18-28(34)29(35)19-25)31(20-24-11-5-4-6-12-24)33(40)36-26-13-7-8-14-26/h4-6,9-12,15-19,23,26,31H,7-8,13-14,20-22H2,1-3H3,(H,36,40)/t31-/m0/s1. The van der Waals surface area contributed by atoms with Crippen molar-refractivity contribution >= 4 is 50.7 Å². The summed E-state index contributed by atoms with van der Waals surface area (Å²) in [6.45, 7) is 3.52. The third kappa shape index (κ3) is 8.74. The van der Waals surface area contributed by atoms with Crippen LogP contribution in [0, 0.1) is 0 Å². The van der Waals surface area contributed by atoms with Crippen LogP contribution in [-0.4, -0.2) is 50.0 Å². The van der Waals surface area contributed by atoms with Crippen molar-refractivity contribution in [3.63, 3.8) is 0 Å². The summed E-state index contributed by atoms with van der Waals surface area (Å²) >= 11 is 12.5. The number of sulfonamides is 1. The highest BCUT2D eigenvalue weighted by atomic mass is 35.5. The van der Waals surface area contributed by atoms with E-state index in [1.807, 2.05) is 56.3 Å². The van der Waals surface area contributed by atoms with Crippen LogP contribution in [-0.2, 0) is 32.6 Å². The number of halogens is 2. The predicted octanol–water partition coefficient (Wildman–Crippen LogP) is 6.58. The van der Waals surface area contributed by atoms with Gasteiger partial charge in [-0.05, 0) is 53.6 Å². The van der Waals surface area contributed by atoms with Crippen LogP contribution in [0.5, 0.6) is 0 Å². The summed E-state index contributed by atoms with van der Waals surface area (Å²) < 4.78 is 27.5. The van der Waals surface area contributed by atoms with Crippen molar-refractivity contribution in [3.8, 4) is 0 Å². The van der Waals surface area contributed by atoms with Gasteiger partial charge < -0.3 is 10.2 Å². The predicted molar refractivity (Wildman–Crippen MR) is 174 cm³/mol. The molecule has 1 aliphatic rings. The molecule has 0 radical (unpaired) electrons. The smallest absolute Gasteiger partial charge is 0.244 e. The van der Waals surface area contributed by atoms with Crippen molar-refractivity contribution in [1.29, 1.82) is 0 Å². The number of rotatable bonds is 12. The van der Waals surface area contributed by atoms with Gasteiger partial charge in [0.1, 0.15) is 12.6 Å². The molecule has 2 amide bonds. The number of carbonyl (C=O) groups excluding carboxylic acids is 2.